The van der Waals surface area contributed by atoms with Gasteiger partial charge in [0.05, 0.1) is 19.8 Å². The quantitative estimate of drug-likeness (QED) is 0.432. The molecule has 126 valence electrons. The predicted molar refractivity (Wildman–Crippen MR) is 101 cm³/mol. The van der Waals surface area contributed by atoms with Gasteiger partial charge >= 0.3 is 101 Å². The van der Waals surface area contributed by atoms with Crippen LogP contribution in [0.2, 0.25) is 0 Å². The molecular weight excluding hydrogens is 373 g/mol. The number of esters is 1. The monoisotopic (exact) mass is 390 g/mol. The first-order chi connectivity index (χ1) is 10.9. The van der Waals surface area contributed by atoms with Crippen LogP contribution in [0.5, 0.6) is 23.0 Å². The Morgan fingerprint density at radius 3 is 2.08 bits per heavy atom. The van der Waals surface area contributed by atoms with Crippen molar-refractivity contribution in [3.8, 4) is 23.0 Å². The Morgan fingerprint density at radius 2 is 1.54 bits per heavy atom. The fourth-order valence-corrected chi connectivity index (χ4v) is 1.89. The van der Waals surface area contributed by atoms with Crippen molar-refractivity contribution in [2.24, 2.45) is 0 Å². The molecule has 2 aromatic carbocycles. The molecule has 0 atom stereocenters. The van der Waals surface area contributed by atoms with Gasteiger partial charge in [0.15, 0.2) is 0 Å². The number of phenols is 1. The van der Waals surface area contributed by atoms with Gasteiger partial charge in [-0.3, -0.25) is 0 Å². The van der Waals surface area contributed by atoms with Crippen LogP contribution in [-0.4, -0.2) is 125 Å². The van der Waals surface area contributed by atoms with Gasteiger partial charge in [-0.25, -0.2) is 9.59 Å². The van der Waals surface area contributed by atoms with Gasteiger partial charge in [0.25, 0.3) is 0 Å². The molecule has 10 heteroatoms. The van der Waals surface area contributed by atoms with E-state index in [2.05, 4.69) is 0 Å². The third-order valence-corrected chi connectivity index (χ3v) is 2.98. The zero-order chi connectivity index (χ0) is 17.0. The molecule has 0 amide bonds. The van der Waals surface area contributed by atoms with Crippen molar-refractivity contribution in [3.63, 3.8) is 0 Å². The summed E-state index contributed by atoms with van der Waals surface area (Å²) in [6.07, 6.45) is 0. The van der Waals surface area contributed by atoms with Crippen LogP contribution in [0.4, 0.5) is 0 Å². The molecule has 0 aliphatic carbocycles. The molecule has 7 nitrogen and oxygen atoms in total. The molecule has 0 saturated heterocycles. The van der Waals surface area contributed by atoms with Crippen LogP contribution < -0.4 is 14.2 Å². The van der Waals surface area contributed by atoms with E-state index in [0.717, 1.165) is 18.2 Å². The van der Waals surface area contributed by atoms with Crippen molar-refractivity contribution in [1.29, 1.82) is 0 Å². The van der Waals surface area contributed by atoms with Crippen molar-refractivity contribution in [1.82, 2.24) is 0 Å². The summed E-state index contributed by atoms with van der Waals surface area (Å²) < 4.78 is 15.3. The third-order valence-electron chi connectivity index (χ3n) is 2.98. The van der Waals surface area contributed by atoms with Gasteiger partial charge in [0.1, 0.15) is 28.6 Å². The molecule has 26 heavy (non-hydrogen) atoms. The van der Waals surface area contributed by atoms with Gasteiger partial charge in [-0.05, 0) is 24.3 Å². The number of aromatic carboxylic acids is 1. The van der Waals surface area contributed by atoms with E-state index < -0.39 is 11.9 Å². The molecule has 0 spiro atoms. The summed E-state index contributed by atoms with van der Waals surface area (Å²) in [6.45, 7) is 0. The van der Waals surface area contributed by atoms with Crippen LogP contribution in [0.15, 0.2) is 36.4 Å². The maximum atomic E-state index is 12.2. The number of aromatic hydroxyl groups is 1. The van der Waals surface area contributed by atoms with Gasteiger partial charge in [0, 0.05) is 12.1 Å². The first-order valence-corrected chi connectivity index (χ1v) is 6.46. The van der Waals surface area contributed by atoms with Crippen LogP contribution in [0.1, 0.15) is 20.7 Å². The Morgan fingerprint density at radius 1 is 0.885 bits per heavy atom. The Bertz CT molecular complexity index is 766. The van der Waals surface area contributed by atoms with Gasteiger partial charge in [-0.15, -0.1) is 0 Å². The molecule has 0 unspecified atom stereocenters. The average molecular weight is 390 g/mol. The number of carboxylic acids is 1. The number of hydrogen-bond donors (Lipinski definition) is 2. The molecule has 0 aromatic heterocycles. The van der Waals surface area contributed by atoms with Gasteiger partial charge < -0.3 is 24.4 Å². The van der Waals surface area contributed by atoms with E-state index in [1.165, 1.54) is 26.4 Å². The molecule has 0 radical (unpaired) electrons. The van der Waals surface area contributed by atoms with E-state index in [-0.39, 0.29) is 117 Å². The third kappa shape index (κ3) is 7.42. The number of carbonyl (C=O) groups is 2. The number of hydrogen-bond acceptors (Lipinski definition) is 6. The molecule has 0 aliphatic heterocycles. The molecule has 0 bridgehead atoms. The van der Waals surface area contributed by atoms with Gasteiger partial charge in [-0.1, -0.05) is 0 Å². The normalized spacial score (nSPS) is 8.85. The first-order valence-electron chi connectivity index (χ1n) is 6.46. The van der Waals surface area contributed by atoms with Crippen molar-refractivity contribution in [2.75, 3.05) is 14.2 Å². The van der Waals surface area contributed by atoms with E-state index in [1.54, 1.807) is 6.07 Å². The summed E-state index contributed by atoms with van der Waals surface area (Å²) in [5.74, 6) is -1.68. The minimum atomic E-state index is -1.25. The number of benzene rings is 2. The summed E-state index contributed by atoms with van der Waals surface area (Å²) in [5.41, 5.74) is -0.0667. The second-order valence-electron chi connectivity index (χ2n) is 4.48. The molecule has 2 aromatic rings. The Balaban J connectivity index is 0. The number of phenolic OH excluding ortho intramolecular Hbond substituents is 1. The predicted octanol–water partition coefficient (Wildman–Crippen LogP) is 0.381. The molecule has 0 heterocycles. The number of rotatable bonds is 5. The minimum absolute atomic E-state index is 0. The summed E-state index contributed by atoms with van der Waals surface area (Å²) in [5, 5.41) is 18.4. The summed E-state index contributed by atoms with van der Waals surface area (Å²) >= 11 is 0. The van der Waals surface area contributed by atoms with E-state index >= 15 is 0 Å². The fraction of sp³-hybridized carbons (Fsp3) is 0.125. The van der Waals surface area contributed by atoms with Crippen LogP contribution in [-0.2, 0) is 0 Å². The van der Waals surface area contributed by atoms with Crippen molar-refractivity contribution in [2.45, 2.75) is 0 Å². The Kier molecular flexibility index (Phi) is 14.0. The maximum absolute atomic E-state index is 12.2. The number of carboxylic acid groups (broad SMARTS) is 1. The van der Waals surface area contributed by atoms with Crippen molar-refractivity contribution in [3.05, 3.63) is 47.5 Å². The molecule has 2 N–H and O–H groups in total. The standard InChI is InChI=1S/C16H14O7.3Na.3H/c1-21-11-3-4-13(14(8-11)22-2)16(20)23-12-6-9(15(18)19)5-10(17)7-12;;;;;;/h3-8,17H,1-2H3,(H,18,19);;;;;;. The molecular formula is C16H17Na3O7. The number of methoxy groups -OCH3 is 2. The van der Waals surface area contributed by atoms with E-state index in [1.807, 2.05) is 0 Å². The number of carbonyl (C=O) groups excluding carboxylic acids is 1. The summed E-state index contributed by atoms with van der Waals surface area (Å²) in [4.78, 5) is 23.2. The van der Waals surface area contributed by atoms with Crippen molar-refractivity contribution >= 4 is 101 Å². The first kappa shape index (κ1) is 28.0. The van der Waals surface area contributed by atoms with Gasteiger partial charge in [0.2, 0.25) is 0 Å². The zero-order valence-electron chi connectivity index (χ0n) is 12.4. The zero-order valence-corrected chi connectivity index (χ0v) is 12.4. The molecule has 0 aliphatic rings. The van der Waals surface area contributed by atoms with E-state index in [4.69, 9.17) is 19.3 Å². The van der Waals surface area contributed by atoms with Crippen LogP contribution in [0.3, 0.4) is 0 Å². The van der Waals surface area contributed by atoms with Crippen molar-refractivity contribution < 1.29 is 34.0 Å². The topological polar surface area (TPSA) is 102 Å². The van der Waals surface area contributed by atoms with E-state index in [0.29, 0.717) is 5.75 Å². The molecule has 2 rings (SSSR count). The Hall–Kier alpha value is -0.220. The van der Waals surface area contributed by atoms with Gasteiger partial charge in [-0.2, -0.15) is 0 Å². The van der Waals surface area contributed by atoms with E-state index in [9.17, 15) is 14.7 Å². The average Bonchev–Trinajstić information content (AvgIpc) is 2.53. The van der Waals surface area contributed by atoms with Crippen LogP contribution in [0.25, 0.3) is 0 Å². The second kappa shape index (κ2) is 13.0. The molecule has 0 saturated carbocycles. The summed E-state index contributed by atoms with van der Waals surface area (Å²) in [6, 6.07) is 7.86. The van der Waals surface area contributed by atoms with Crippen LogP contribution >= 0.6 is 0 Å². The molecule has 0 fully saturated rings. The van der Waals surface area contributed by atoms with Crippen LogP contribution in [0, 0.1) is 0 Å². The number of ether oxygens (including phenoxy) is 3. The summed E-state index contributed by atoms with van der Waals surface area (Å²) in [7, 11) is 2.87. The Labute approximate surface area is 216 Å². The second-order valence-corrected chi connectivity index (χ2v) is 4.48. The SMILES string of the molecule is COc1ccc(C(=O)Oc2cc(O)cc(C(=O)O)c2)c(OC)c1.[NaH].[NaH].[NaH]. The fourth-order valence-electron chi connectivity index (χ4n) is 1.89.